The van der Waals surface area contributed by atoms with Crippen molar-refractivity contribution in [2.75, 3.05) is 39.9 Å². The van der Waals surface area contributed by atoms with Gasteiger partial charge in [0.1, 0.15) is 35.8 Å². The molecule has 16 heteroatoms. The monoisotopic (exact) mass is 606 g/mol. The van der Waals surface area contributed by atoms with Gasteiger partial charge in [0.05, 0.1) is 44.1 Å². The molecule has 1 amide bonds. The van der Waals surface area contributed by atoms with Crippen LogP contribution in [-0.2, 0) is 19.0 Å². The van der Waals surface area contributed by atoms with E-state index in [1.54, 1.807) is 13.1 Å². The minimum Gasteiger partial charge on any atom is -0.492 e. The fourth-order valence-electron chi connectivity index (χ4n) is 6.06. The van der Waals surface area contributed by atoms with Gasteiger partial charge in [-0.25, -0.2) is 0 Å². The first-order valence-corrected chi connectivity index (χ1v) is 14.4. The van der Waals surface area contributed by atoms with Crippen molar-refractivity contribution < 1.29 is 49.6 Å². The number of likely N-dealkylation sites (N-methyl/N-ethyl adjacent to an activating group) is 1. The lowest BCUT2D eigenvalue weighted by molar-refractivity contribution is -0.297. The molecule has 1 aliphatic carbocycles. The van der Waals surface area contributed by atoms with Crippen molar-refractivity contribution in [3.05, 3.63) is 11.8 Å². The molecular weight excluding hydrogens is 556 g/mol. The van der Waals surface area contributed by atoms with Crippen molar-refractivity contribution in [2.24, 2.45) is 23.1 Å². The third kappa shape index (κ3) is 8.15. The van der Waals surface area contributed by atoms with E-state index in [2.05, 4.69) is 16.0 Å². The average molecular weight is 607 g/mol. The molecule has 2 heterocycles. The summed E-state index contributed by atoms with van der Waals surface area (Å²) in [6.07, 6.45) is -6.05. The summed E-state index contributed by atoms with van der Waals surface area (Å²) in [5.74, 6) is -1.03. The number of carbonyl (C=O) groups excluding carboxylic acids is 1. The average Bonchev–Trinajstić information content (AvgIpc) is 2.95. The van der Waals surface area contributed by atoms with Gasteiger partial charge in [-0.1, -0.05) is 0 Å². The first-order valence-electron chi connectivity index (χ1n) is 14.4. The summed E-state index contributed by atoms with van der Waals surface area (Å²) in [7, 11) is 1.57. The van der Waals surface area contributed by atoms with Crippen molar-refractivity contribution in [1.82, 2.24) is 16.0 Å². The Bertz CT molecular complexity index is 900. The van der Waals surface area contributed by atoms with Gasteiger partial charge in [-0.05, 0) is 45.9 Å². The zero-order valence-electron chi connectivity index (χ0n) is 24.2. The molecule has 42 heavy (non-hydrogen) atoms. The molecule has 3 rings (SSSR count). The van der Waals surface area contributed by atoms with Gasteiger partial charge in [0.2, 0.25) is 5.91 Å². The molecule has 1 saturated heterocycles. The van der Waals surface area contributed by atoms with E-state index in [1.165, 1.54) is 6.92 Å². The van der Waals surface area contributed by atoms with Crippen LogP contribution in [0.5, 0.6) is 0 Å². The van der Waals surface area contributed by atoms with E-state index in [0.29, 0.717) is 12.2 Å². The van der Waals surface area contributed by atoms with Gasteiger partial charge in [0.25, 0.3) is 0 Å². The van der Waals surface area contributed by atoms with Crippen LogP contribution in [0.2, 0.25) is 0 Å². The summed E-state index contributed by atoms with van der Waals surface area (Å²) in [6.45, 7) is 1.10. The molecule has 0 spiro atoms. The van der Waals surface area contributed by atoms with E-state index in [4.69, 9.17) is 31.4 Å². The van der Waals surface area contributed by atoms with Crippen molar-refractivity contribution in [2.45, 2.75) is 98.9 Å². The fraction of sp³-hybridized carbons (Fsp3) is 0.885. The molecule has 0 aromatic heterocycles. The second-order valence-corrected chi connectivity index (χ2v) is 11.6. The maximum Gasteiger partial charge on any atom is 0.249 e. The molecule has 15 N–H and O–H groups in total. The first kappa shape index (κ1) is 35.0. The van der Waals surface area contributed by atoms with Crippen molar-refractivity contribution in [3.63, 3.8) is 0 Å². The lowest BCUT2D eigenvalue weighted by atomic mass is 9.72. The van der Waals surface area contributed by atoms with Crippen LogP contribution in [-0.4, -0.2) is 149 Å². The first-order chi connectivity index (χ1) is 19.9. The largest absolute Gasteiger partial charge is 0.492 e. The lowest BCUT2D eigenvalue weighted by Gasteiger charge is -2.51. The van der Waals surface area contributed by atoms with Crippen molar-refractivity contribution in [1.29, 1.82) is 0 Å². The van der Waals surface area contributed by atoms with Gasteiger partial charge in [0.15, 0.2) is 6.29 Å². The summed E-state index contributed by atoms with van der Waals surface area (Å²) in [6, 6.07) is -2.92. The second kappa shape index (κ2) is 15.5. The molecule has 3 aliphatic rings. The van der Waals surface area contributed by atoms with Gasteiger partial charge < -0.3 is 78.0 Å². The molecule has 1 saturated carbocycles. The van der Waals surface area contributed by atoms with E-state index in [1.807, 2.05) is 0 Å². The van der Waals surface area contributed by atoms with Crippen LogP contribution >= 0.6 is 0 Å². The predicted octanol–water partition coefficient (Wildman–Crippen LogP) is -5.73. The third-order valence-corrected chi connectivity index (χ3v) is 8.34. The molecule has 0 radical (unpaired) electrons. The number of amides is 1. The SMILES string of the molecule is CN[C@@H]1[C@@H](O)[C@@H](O[C@H]2[C@H](NC(=O)[C@@H](O)CCN)C[C@H](N)C([C@H]3OC(CN)=CC[C@H]3NCC(O)CO)[C@@H]2O)OC[C@]1(C)O. The van der Waals surface area contributed by atoms with E-state index in [-0.39, 0.29) is 39.1 Å². The molecule has 0 aromatic rings. The Hall–Kier alpha value is -1.51. The minimum absolute atomic E-state index is 0.0157. The molecule has 2 unspecified atom stereocenters. The van der Waals surface area contributed by atoms with Crippen LogP contribution in [0.1, 0.15) is 26.2 Å². The molecule has 13 atom stereocenters. The standard InChI is InChI=1S/C26H50N6O10/c1-26(39)11-40-25(20(37)23(26)30-2)42-22-16(32-24(38)17(35)5-6-27)7-14(29)18(19(22)36)21-15(31-9-12(34)10-33)4-3-13(8-28)41-21/h3,12,14-23,25,30-31,33-37,39H,4-11,27-29H2,1-2H3,(H,32,38)/t12?,14-,15+,16+,17-,18?,19-,20+,21-,22-,23+,25+,26-/m0/s1. The van der Waals surface area contributed by atoms with Gasteiger partial charge >= 0.3 is 0 Å². The summed E-state index contributed by atoms with van der Waals surface area (Å²) in [5.41, 5.74) is 16.5. The van der Waals surface area contributed by atoms with Gasteiger partial charge in [-0.3, -0.25) is 4.79 Å². The molecule has 244 valence electrons. The Morgan fingerprint density at radius 2 is 1.95 bits per heavy atom. The van der Waals surface area contributed by atoms with Crippen LogP contribution in [0.15, 0.2) is 11.8 Å². The normalized spacial score (nSPS) is 40.5. The molecule has 2 fully saturated rings. The summed E-state index contributed by atoms with van der Waals surface area (Å²) < 4.78 is 18.0. The number of hydrogen-bond donors (Lipinski definition) is 12. The van der Waals surface area contributed by atoms with Gasteiger partial charge in [0, 0.05) is 24.5 Å². The number of carbonyl (C=O) groups is 1. The Kier molecular flexibility index (Phi) is 12.9. The third-order valence-electron chi connectivity index (χ3n) is 8.34. The topological polar surface area (TPSA) is 280 Å². The van der Waals surface area contributed by atoms with E-state index >= 15 is 0 Å². The highest BCUT2D eigenvalue weighted by molar-refractivity contribution is 5.80. The Balaban J connectivity index is 1.91. The predicted molar refractivity (Wildman–Crippen MR) is 149 cm³/mol. The molecule has 0 bridgehead atoms. The van der Waals surface area contributed by atoms with Crippen LogP contribution in [0, 0.1) is 5.92 Å². The highest BCUT2D eigenvalue weighted by atomic mass is 16.7. The second-order valence-electron chi connectivity index (χ2n) is 11.6. The number of hydrogen-bond acceptors (Lipinski definition) is 15. The zero-order chi connectivity index (χ0) is 31.2. The Labute approximate surface area is 245 Å². The van der Waals surface area contributed by atoms with Crippen molar-refractivity contribution in [3.8, 4) is 0 Å². The maximum absolute atomic E-state index is 12.8. The summed E-state index contributed by atoms with van der Waals surface area (Å²) in [5, 5.41) is 71.6. The number of ether oxygens (including phenoxy) is 3. The number of aliphatic hydroxyl groups is 6. The van der Waals surface area contributed by atoms with Crippen LogP contribution in [0.3, 0.4) is 0 Å². The molecular formula is C26H50N6O10. The lowest BCUT2D eigenvalue weighted by Crippen LogP contribution is -2.69. The van der Waals surface area contributed by atoms with Crippen LogP contribution in [0.4, 0.5) is 0 Å². The van der Waals surface area contributed by atoms with Gasteiger partial charge in [-0.15, -0.1) is 0 Å². The van der Waals surface area contributed by atoms with E-state index in [9.17, 15) is 35.4 Å². The van der Waals surface area contributed by atoms with E-state index < -0.39 is 91.1 Å². The number of rotatable bonds is 13. The fourth-order valence-corrected chi connectivity index (χ4v) is 6.06. The van der Waals surface area contributed by atoms with Crippen LogP contribution in [0.25, 0.3) is 0 Å². The molecule has 0 aromatic carbocycles. The quantitative estimate of drug-likeness (QED) is 0.0930. The maximum atomic E-state index is 12.8. The number of nitrogens with two attached hydrogens (primary N) is 3. The zero-order valence-corrected chi connectivity index (χ0v) is 24.2. The summed E-state index contributed by atoms with van der Waals surface area (Å²) >= 11 is 0. The highest BCUT2D eigenvalue weighted by Crippen LogP contribution is 2.37. The van der Waals surface area contributed by atoms with Crippen LogP contribution < -0.4 is 33.2 Å². The highest BCUT2D eigenvalue weighted by Gasteiger charge is 2.53. The molecule has 16 nitrogen and oxygen atoms in total. The Morgan fingerprint density at radius 3 is 2.57 bits per heavy atom. The number of nitrogens with one attached hydrogen (secondary N) is 3. The number of aliphatic hydroxyl groups excluding tert-OH is 5. The van der Waals surface area contributed by atoms with E-state index in [0.717, 1.165) is 0 Å². The van der Waals surface area contributed by atoms with Crippen molar-refractivity contribution >= 4 is 5.91 Å². The summed E-state index contributed by atoms with van der Waals surface area (Å²) in [4.78, 5) is 12.8. The minimum atomic E-state index is -1.41. The Morgan fingerprint density at radius 1 is 1.24 bits per heavy atom. The smallest absolute Gasteiger partial charge is 0.249 e. The molecule has 2 aliphatic heterocycles. The van der Waals surface area contributed by atoms with Gasteiger partial charge in [-0.2, -0.15) is 0 Å².